The van der Waals surface area contributed by atoms with E-state index in [9.17, 15) is 4.79 Å². The van der Waals surface area contributed by atoms with Crippen LogP contribution in [-0.4, -0.2) is 46.7 Å². The molecule has 1 aromatic heterocycles. The number of amides is 1. The van der Waals surface area contributed by atoms with Gasteiger partial charge in [0.1, 0.15) is 11.6 Å². The minimum Gasteiger partial charge on any atom is -0.331 e. The van der Waals surface area contributed by atoms with E-state index >= 15 is 0 Å². The summed E-state index contributed by atoms with van der Waals surface area (Å²) in [6, 6.07) is 6.27. The topological polar surface area (TPSA) is 62.5 Å². The SMILES string of the molecule is C=N/C(=C\c1cc(-c2cnc(C)n2C)ccc1C)NC(=O)C1CN(CC2(C)CC2)C1. The summed E-state index contributed by atoms with van der Waals surface area (Å²) in [5.41, 5.74) is 4.74. The summed E-state index contributed by atoms with van der Waals surface area (Å²) < 4.78 is 2.07. The average molecular weight is 406 g/mol. The summed E-state index contributed by atoms with van der Waals surface area (Å²) in [4.78, 5) is 23.5. The number of aliphatic imine (C=N–C) groups is 1. The Morgan fingerprint density at radius 1 is 1.37 bits per heavy atom. The van der Waals surface area contributed by atoms with E-state index in [1.165, 1.54) is 12.8 Å². The first-order chi connectivity index (χ1) is 14.3. The average Bonchev–Trinajstić information content (AvgIpc) is 3.33. The minimum absolute atomic E-state index is 0.0296. The molecule has 1 aliphatic heterocycles. The molecular formula is C24H31N5O. The molecule has 0 radical (unpaired) electrons. The molecule has 0 unspecified atom stereocenters. The quantitative estimate of drug-likeness (QED) is 0.717. The predicted molar refractivity (Wildman–Crippen MR) is 121 cm³/mol. The molecule has 2 fully saturated rings. The molecule has 2 aromatic rings. The van der Waals surface area contributed by atoms with Crippen molar-refractivity contribution in [2.24, 2.45) is 23.4 Å². The molecule has 1 aromatic carbocycles. The molecular weight excluding hydrogens is 374 g/mol. The number of benzene rings is 1. The summed E-state index contributed by atoms with van der Waals surface area (Å²) in [6.07, 6.45) is 6.40. The van der Waals surface area contributed by atoms with E-state index in [1.807, 2.05) is 26.2 Å². The van der Waals surface area contributed by atoms with Crippen molar-refractivity contribution in [3.8, 4) is 11.3 Å². The maximum Gasteiger partial charge on any atom is 0.231 e. The third kappa shape index (κ3) is 4.24. The first-order valence-electron chi connectivity index (χ1n) is 10.6. The number of hydrogen-bond acceptors (Lipinski definition) is 4. The molecule has 6 heteroatoms. The molecule has 158 valence electrons. The molecule has 6 nitrogen and oxygen atoms in total. The van der Waals surface area contributed by atoms with Gasteiger partial charge in [0, 0.05) is 32.2 Å². The van der Waals surface area contributed by atoms with E-state index in [-0.39, 0.29) is 11.8 Å². The van der Waals surface area contributed by atoms with Gasteiger partial charge >= 0.3 is 0 Å². The van der Waals surface area contributed by atoms with E-state index < -0.39 is 0 Å². The summed E-state index contributed by atoms with van der Waals surface area (Å²) in [7, 11) is 2.01. The van der Waals surface area contributed by atoms with E-state index in [0.29, 0.717) is 11.2 Å². The maximum absolute atomic E-state index is 12.7. The highest BCUT2D eigenvalue weighted by atomic mass is 16.2. The zero-order valence-corrected chi connectivity index (χ0v) is 18.4. The molecule has 0 bridgehead atoms. The summed E-state index contributed by atoms with van der Waals surface area (Å²) in [5.74, 6) is 1.52. The van der Waals surface area contributed by atoms with Crippen molar-refractivity contribution in [1.29, 1.82) is 0 Å². The van der Waals surface area contributed by atoms with Crippen LogP contribution in [0.2, 0.25) is 0 Å². The maximum atomic E-state index is 12.7. The molecule has 1 aliphatic carbocycles. The first-order valence-corrected chi connectivity index (χ1v) is 10.6. The van der Waals surface area contributed by atoms with Gasteiger partial charge in [-0.3, -0.25) is 4.79 Å². The number of likely N-dealkylation sites (tertiary alicyclic amines) is 1. The van der Waals surface area contributed by atoms with Crippen molar-refractivity contribution in [3.05, 3.63) is 47.2 Å². The van der Waals surface area contributed by atoms with E-state index in [2.05, 4.69) is 63.5 Å². The van der Waals surface area contributed by atoms with Gasteiger partial charge in [0.2, 0.25) is 5.91 Å². The fraction of sp³-hybridized carbons (Fsp3) is 0.458. The standard InChI is InChI=1S/C24H31N5O/c1-16-6-7-18(21-12-26-17(2)28(21)5)10-19(16)11-22(25-4)27-23(30)20-13-29(14-20)15-24(3)8-9-24/h6-7,10-12,20H,4,8-9,13-15H2,1-3,5H3,(H,27,30)/b22-11+. The minimum atomic E-state index is 0.0296. The van der Waals surface area contributed by atoms with Crippen LogP contribution in [0.1, 0.15) is 36.7 Å². The Kier molecular flexibility index (Phi) is 5.36. The van der Waals surface area contributed by atoms with Crippen molar-refractivity contribution in [2.75, 3.05) is 19.6 Å². The van der Waals surface area contributed by atoms with Gasteiger partial charge < -0.3 is 14.8 Å². The molecule has 0 atom stereocenters. The van der Waals surface area contributed by atoms with Gasteiger partial charge in [-0.15, -0.1) is 0 Å². The van der Waals surface area contributed by atoms with Crippen LogP contribution in [0.4, 0.5) is 0 Å². The van der Waals surface area contributed by atoms with Crippen LogP contribution in [0, 0.1) is 25.2 Å². The van der Waals surface area contributed by atoms with Crippen molar-refractivity contribution in [3.63, 3.8) is 0 Å². The lowest BCUT2D eigenvalue weighted by molar-refractivity contribution is -0.129. The first kappa shape index (κ1) is 20.5. The summed E-state index contributed by atoms with van der Waals surface area (Å²) >= 11 is 0. The van der Waals surface area contributed by atoms with Gasteiger partial charge in [0.25, 0.3) is 0 Å². The van der Waals surface area contributed by atoms with Gasteiger partial charge in [0.05, 0.1) is 17.8 Å². The fourth-order valence-corrected chi connectivity index (χ4v) is 4.00. The number of carbonyl (C=O) groups excluding carboxylic acids is 1. The summed E-state index contributed by atoms with van der Waals surface area (Å²) in [6.45, 7) is 12.8. The largest absolute Gasteiger partial charge is 0.331 e. The Labute approximate surface area is 178 Å². The second-order valence-corrected chi connectivity index (χ2v) is 9.20. The molecule has 1 amide bonds. The second kappa shape index (κ2) is 7.84. The molecule has 2 aliphatic rings. The van der Waals surface area contributed by atoms with Gasteiger partial charge in [0.15, 0.2) is 0 Å². The fourth-order valence-electron chi connectivity index (χ4n) is 4.00. The molecule has 2 heterocycles. The summed E-state index contributed by atoms with van der Waals surface area (Å²) in [5, 5.41) is 2.97. The number of nitrogens with zero attached hydrogens (tertiary/aromatic N) is 4. The van der Waals surface area contributed by atoms with Crippen molar-refractivity contribution in [1.82, 2.24) is 19.8 Å². The smallest absolute Gasteiger partial charge is 0.231 e. The Morgan fingerprint density at radius 2 is 2.10 bits per heavy atom. The van der Waals surface area contributed by atoms with E-state index in [0.717, 1.165) is 47.8 Å². The number of carbonyl (C=O) groups is 1. The Hall–Kier alpha value is -2.73. The van der Waals surface area contributed by atoms with Crippen molar-refractivity contribution >= 4 is 18.7 Å². The van der Waals surface area contributed by atoms with Crippen LogP contribution in [-0.2, 0) is 11.8 Å². The predicted octanol–water partition coefficient (Wildman–Crippen LogP) is 3.55. The second-order valence-electron chi connectivity index (χ2n) is 9.20. The third-order valence-corrected chi connectivity index (χ3v) is 6.55. The lowest BCUT2D eigenvalue weighted by atomic mass is 9.96. The normalized spacial score (nSPS) is 18.7. The van der Waals surface area contributed by atoms with Crippen molar-refractivity contribution < 1.29 is 4.79 Å². The highest BCUT2D eigenvalue weighted by molar-refractivity contribution is 5.83. The lowest BCUT2D eigenvalue weighted by Crippen LogP contribution is -2.54. The zero-order valence-electron chi connectivity index (χ0n) is 18.4. The molecule has 30 heavy (non-hydrogen) atoms. The van der Waals surface area contributed by atoms with Crippen LogP contribution in [0.3, 0.4) is 0 Å². The molecule has 0 spiro atoms. The van der Waals surface area contributed by atoms with Crippen LogP contribution >= 0.6 is 0 Å². The van der Waals surface area contributed by atoms with Gasteiger partial charge in [-0.05, 0) is 62.1 Å². The van der Waals surface area contributed by atoms with E-state index in [4.69, 9.17) is 0 Å². The Bertz CT molecular complexity index is 1010. The van der Waals surface area contributed by atoms with Crippen LogP contribution in [0.25, 0.3) is 17.3 Å². The van der Waals surface area contributed by atoms with Gasteiger partial charge in [-0.25, -0.2) is 9.98 Å². The number of aryl methyl sites for hydroxylation is 2. The van der Waals surface area contributed by atoms with Gasteiger partial charge in [-0.2, -0.15) is 0 Å². The van der Waals surface area contributed by atoms with Gasteiger partial charge in [-0.1, -0.05) is 19.1 Å². The molecule has 4 rings (SSSR count). The molecule has 1 N–H and O–H groups in total. The van der Waals surface area contributed by atoms with Crippen molar-refractivity contribution in [2.45, 2.75) is 33.6 Å². The van der Waals surface area contributed by atoms with E-state index in [1.54, 1.807) is 0 Å². The number of hydrogen-bond donors (Lipinski definition) is 1. The van der Waals surface area contributed by atoms with Crippen LogP contribution in [0.5, 0.6) is 0 Å². The van der Waals surface area contributed by atoms with Crippen LogP contribution in [0.15, 0.2) is 35.2 Å². The Balaban J connectivity index is 1.44. The number of rotatable bonds is 7. The number of imidazole rings is 1. The molecule has 1 saturated heterocycles. The van der Waals surface area contributed by atoms with Crippen LogP contribution < -0.4 is 5.32 Å². The molecule has 1 saturated carbocycles. The highest BCUT2D eigenvalue weighted by Crippen LogP contribution is 2.46. The monoisotopic (exact) mass is 405 g/mol. The zero-order chi connectivity index (χ0) is 21.5. The number of nitrogens with one attached hydrogen (secondary N) is 1. The lowest BCUT2D eigenvalue weighted by Gasteiger charge is -2.39. The third-order valence-electron chi connectivity index (χ3n) is 6.55. The highest BCUT2D eigenvalue weighted by Gasteiger charge is 2.43. The Morgan fingerprint density at radius 3 is 2.70 bits per heavy atom. The number of aromatic nitrogens is 2.